The first-order chi connectivity index (χ1) is 9.08. The number of nitrogens with two attached hydrogens (primary N) is 1. The molecule has 0 aliphatic heterocycles. The van der Waals surface area contributed by atoms with Crippen LogP contribution in [0.4, 0.5) is 0 Å². The van der Waals surface area contributed by atoms with E-state index in [1.807, 2.05) is 18.5 Å². The topological polar surface area (TPSA) is 81.7 Å². The van der Waals surface area contributed by atoms with Crippen LogP contribution in [-0.2, 0) is 13.0 Å². The predicted octanol–water partition coefficient (Wildman–Crippen LogP) is 1.88. The van der Waals surface area contributed by atoms with Crippen molar-refractivity contribution in [2.45, 2.75) is 39.8 Å². The number of hydrogen-bond acceptors (Lipinski definition) is 6. The van der Waals surface area contributed by atoms with Gasteiger partial charge in [0.05, 0.1) is 32.5 Å². The number of rotatable bonds is 5. The van der Waals surface area contributed by atoms with Gasteiger partial charge in [-0.1, -0.05) is 4.49 Å². The van der Waals surface area contributed by atoms with Crippen molar-refractivity contribution in [3.63, 3.8) is 0 Å². The molecule has 2 aromatic heterocycles. The first-order valence-corrected chi connectivity index (χ1v) is 7.61. The second-order valence-electron chi connectivity index (χ2n) is 4.31. The molecule has 0 saturated carbocycles. The molecule has 0 fully saturated rings. The highest BCUT2D eigenvalue weighted by atomic mass is 79.9. The van der Waals surface area contributed by atoms with Gasteiger partial charge in [-0.15, -0.1) is 5.10 Å². The van der Waals surface area contributed by atoms with Crippen LogP contribution in [0.5, 0.6) is 0 Å². The van der Waals surface area contributed by atoms with E-state index in [-0.39, 0.29) is 6.04 Å². The van der Waals surface area contributed by atoms with Crippen LogP contribution < -0.4 is 11.3 Å². The molecule has 0 aliphatic rings. The number of halogens is 1. The van der Waals surface area contributed by atoms with Crippen molar-refractivity contribution in [1.29, 1.82) is 0 Å². The summed E-state index contributed by atoms with van der Waals surface area (Å²) in [4.78, 5) is 1.07. The fraction of sp³-hybridized carbons (Fsp3) is 0.545. The second kappa shape index (κ2) is 6.08. The lowest BCUT2D eigenvalue weighted by Gasteiger charge is -2.15. The zero-order valence-corrected chi connectivity index (χ0v) is 13.5. The standard InChI is InChI=1S/C11H17BrN6S/c1-4-18-9(10(12)6(2)16-18)5-8(14-13)11-7(3)15-17-19-11/h8,14H,4-5,13H2,1-3H3. The van der Waals surface area contributed by atoms with Crippen LogP contribution >= 0.6 is 27.5 Å². The number of hydrogen-bond donors (Lipinski definition) is 2. The third-order valence-electron chi connectivity index (χ3n) is 3.05. The minimum Gasteiger partial charge on any atom is -0.271 e. The molecule has 2 aromatic rings. The van der Waals surface area contributed by atoms with Crippen molar-refractivity contribution in [1.82, 2.24) is 24.8 Å². The fourth-order valence-corrected chi connectivity index (χ4v) is 3.19. The van der Waals surface area contributed by atoms with E-state index in [4.69, 9.17) is 5.84 Å². The Morgan fingerprint density at radius 1 is 1.42 bits per heavy atom. The monoisotopic (exact) mass is 344 g/mol. The van der Waals surface area contributed by atoms with Gasteiger partial charge in [0, 0.05) is 13.0 Å². The predicted molar refractivity (Wildman–Crippen MR) is 78.8 cm³/mol. The SMILES string of the molecule is CCn1nc(C)c(Br)c1CC(NN)c1snnc1C. The molecule has 0 saturated heterocycles. The van der Waals surface area contributed by atoms with Gasteiger partial charge in [0.15, 0.2) is 0 Å². The first kappa shape index (κ1) is 14.6. The molecule has 0 amide bonds. The van der Waals surface area contributed by atoms with Crippen LogP contribution in [0, 0.1) is 13.8 Å². The van der Waals surface area contributed by atoms with Crippen LogP contribution in [0.3, 0.4) is 0 Å². The van der Waals surface area contributed by atoms with E-state index >= 15 is 0 Å². The molecule has 0 spiro atoms. The van der Waals surface area contributed by atoms with Crippen LogP contribution in [0.25, 0.3) is 0 Å². The number of hydrazine groups is 1. The average Bonchev–Trinajstić information content (AvgIpc) is 2.93. The quantitative estimate of drug-likeness (QED) is 0.639. The van der Waals surface area contributed by atoms with Gasteiger partial charge in [-0.2, -0.15) is 5.10 Å². The smallest absolute Gasteiger partial charge is 0.0773 e. The molecule has 0 aliphatic carbocycles. The van der Waals surface area contributed by atoms with Crippen molar-refractivity contribution in [3.05, 3.63) is 26.4 Å². The van der Waals surface area contributed by atoms with Crippen molar-refractivity contribution in [2.75, 3.05) is 0 Å². The largest absolute Gasteiger partial charge is 0.271 e. The molecule has 0 aromatic carbocycles. The van der Waals surface area contributed by atoms with Crippen molar-refractivity contribution < 1.29 is 0 Å². The highest BCUT2D eigenvalue weighted by Crippen LogP contribution is 2.28. The Kier molecular flexibility index (Phi) is 4.67. The molecule has 0 radical (unpaired) electrons. The van der Waals surface area contributed by atoms with Crippen LogP contribution in [0.1, 0.15) is 34.9 Å². The molecule has 0 bridgehead atoms. The Morgan fingerprint density at radius 2 is 2.16 bits per heavy atom. The number of aromatic nitrogens is 4. The maximum Gasteiger partial charge on any atom is 0.0773 e. The molecule has 2 rings (SSSR count). The van der Waals surface area contributed by atoms with E-state index in [0.29, 0.717) is 0 Å². The lowest BCUT2D eigenvalue weighted by Crippen LogP contribution is -2.30. The maximum atomic E-state index is 5.69. The zero-order chi connectivity index (χ0) is 14.0. The highest BCUT2D eigenvalue weighted by Gasteiger charge is 2.21. The van der Waals surface area contributed by atoms with Gasteiger partial charge in [0.1, 0.15) is 0 Å². The summed E-state index contributed by atoms with van der Waals surface area (Å²) >= 11 is 4.98. The summed E-state index contributed by atoms with van der Waals surface area (Å²) in [6, 6.07) is -0.00213. The van der Waals surface area contributed by atoms with Gasteiger partial charge >= 0.3 is 0 Å². The van der Waals surface area contributed by atoms with Crippen molar-refractivity contribution in [3.8, 4) is 0 Å². The molecule has 8 heteroatoms. The van der Waals surface area contributed by atoms with Gasteiger partial charge in [0.25, 0.3) is 0 Å². The maximum absolute atomic E-state index is 5.69. The summed E-state index contributed by atoms with van der Waals surface area (Å²) < 4.78 is 7.00. The summed E-state index contributed by atoms with van der Waals surface area (Å²) in [5.74, 6) is 5.69. The Bertz CT molecular complexity index is 564. The normalized spacial score (nSPS) is 12.9. The molecule has 104 valence electrons. The second-order valence-corrected chi connectivity index (χ2v) is 5.89. The van der Waals surface area contributed by atoms with Gasteiger partial charge in [-0.05, 0) is 48.2 Å². The van der Waals surface area contributed by atoms with Crippen LogP contribution in [0.2, 0.25) is 0 Å². The summed E-state index contributed by atoms with van der Waals surface area (Å²) in [7, 11) is 0. The third kappa shape index (κ3) is 2.86. The van der Waals surface area contributed by atoms with E-state index in [0.717, 1.165) is 39.4 Å². The van der Waals surface area contributed by atoms with E-state index in [1.54, 1.807) is 0 Å². The summed E-state index contributed by atoms with van der Waals surface area (Å²) in [6.07, 6.45) is 0.747. The molecule has 1 atom stereocenters. The van der Waals surface area contributed by atoms with E-state index < -0.39 is 0 Å². The molecule has 1 unspecified atom stereocenters. The Labute approximate surface area is 124 Å². The molecule has 19 heavy (non-hydrogen) atoms. The van der Waals surface area contributed by atoms with Gasteiger partial charge in [-0.25, -0.2) is 0 Å². The third-order valence-corrected chi connectivity index (χ3v) is 5.03. The summed E-state index contributed by atoms with van der Waals surface area (Å²) in [5, 5.41) is 8.53. The molecular weight excluding hydrogens is 328 g/mol. The Hall–Kier alpha value is -0.830. The van der Waals surface area contributed by atoms with Crippen LogP contribution in [0.15, 0.2) is 4.47 Å². The zero-order valence-electron chi connectivity index (χ0n) is 11.1. The molecule has 6 nitrogen and oxygen atoms in total. The Morgan fingerprint density at radius 3 is 2.68 bits per heavy atom. The number of nitrogens with zero attached hydrogens (tertiary/aromatic N) is 4. The number of nitrogens with one attached hydrogen (secondary N) is 1. The molecular formula is C11H17BrN6S. The Balaban J connectivity index is 2.31. The molecule has 2 heterocycles. The van der Waals surface area contributed by atoms with E-state index in [2.05, 4.69) is 43.0 Å². The minimum absolute atomic E-state index is 0.00213. The lowest BCUT2D eigenvalue weighted by molar-refractivity contribution is 0.519. The van der Waals surface area contributed by atoms with Crippen molar-refractivity contribution >= 4 is 27.5 Å². The average molecular weight is 345 g/mol. The van der Waals surface area contributed by atoms with E-state index in [1.165, 1.54) is 11.5 Å². The summed E-state index contributed by atoms with van der Waals surface area (Å²) in [6.45, 7) is 6.84. The van der Waals surface area contributed by atoms with Gasteiger partial charge in [0.2, 0.25) is 0 Å². The van der Waals surface area contributed by atoms with E-state index in [9.17, 15) is 0 Å². The minimum atomic E-state index is -0.00213. The fourth-order valence-electron chi connectivity index (χ4n) is 2.04. The molecule has 3 N–H and O–H groups in total. The van der Waals surface area contributed by atoms with Crippen molar-refractivity contribution in [2.24, 2.45) is 5.84 Å². The van der Waals surface area contributed by atoms with Gasteiger partial charge < -0.3 is 0 Å². The first-order valence-electron chi connectivity index (χ1n) is 6.05. The summed E-state index contributed by atoms with van der Waals surface area (Å²) in [5.41, 5.74) is 5.90. The highest BCUT2D eigenvalue weighted by molar-refractivity contribution is 9.10. The lowest BCUT2D eigenvalue weighted by atomic mass is 10.1. The number of aryl methyl sites for hydroxylation is 3. The van der Waals surface area contributed by atoms with Gasteiger partial charge in [-0.3, -0.25) is 16.0 Å². The van der Waals surface area contributed by atoms with Crippen LogP contribution in [-0.4, -0.2) is 19.4 Å².